The molecule has 4 aliphatic rings. The first-order valence-electron chi connectivity index (χ1n) is 19.7. The van der Waals surface area contributed by atoms with Gasteiger partial charge in [-0.15, -0.1) is 13.2 Å². The number of amides is 4. The van der Waals surface area contributed by atoms with E-state index in [4.69, 9.17) is 27.9 Å². The SMILES string of the molecule is COc1ccc(C23C(=O)N(Nc4ccc(Cl)cc4Cl)C(=O)C2CC2C(=CCC4C(=O)N(c5ccc(C(=O)c6ccccc6)cc5)C(=O)C42)C3c2cc(OC(F)(F)F)ccc2O)cc1. The monoisotopic (exact) mass is 895 g/mol. The van der Waals surface area contributed by atoms with Crippen LogP contribution in [0.4, 0.5) is 24.5 Å². The van der Waals surface area contributed by atoms with Gasteiger partial charge in [0.25, 0.3) is 11.8 Å². The maximum atomic E-state index is 15.5. The van der Waals surface area contributed by atoms with Gasteiger partial charge in [0, 0.05) is 27.6 Å². The van der Waals surface area contributed by atoms with Crippen molar-refractivity contribution < 1.29 is 51.7 Å². The maximum Gasteiger partial charge on any atom is 0.573 e. The molecular weight excluding hydrogens is 862 g/mol. The first-order chi connectivity index (χ1) is 30.1. The minimum atomic E-state index is -5.14. The van der Waals surface area contributed by atoms with E-state index in [1.54, 1.807) is 60.7 Å². The Balaban J connectivity index is 1.19. The normalized spacial score (nSPS) is 24.1. The number of ketones is 1. The summed E-state index contributed by atoms with van der Waals surface area (Å²) in [5, 5.41) is 12.8. The van der Waals surface area contributed by atoms with Crippen LogP contribution < -0.4 is 19.8 Å². The summed E-state index contributed by atoms with van der Waals surface area (Å²) in [5.74, 6) is -9.50. The number of carbonyl (C=O) groups is 5. The van der Waals surface area contributed by atoms with Crippen LogP contribution in [0, 0.1) is 23.7 Å². The number of hydrogen-bond donors (Lipinski definition) is 2. The molecule has 5 aromatic carbocycles. The van der Waals surface area contributed by atoms with Gasteiger partial charge >= 0.3 is 6.36 Å². The number of allylic oxidation sites excluding steroid dienone is 2. The molecule has 6 unspecified atom stereocenters. The molecule has 0 spiro atoms. The Bertz CT molecular complexity index is 2750. The highest BCUT2D eigenvalue weighted by atomic mass is 35.5. The summed E-state index contributed by atoms with van der Waals surface area (Å²) in [5.41, 5.74) is 2.42. The topological polar surface area (TPSA) is 143 Å². The Hall–Kier alpha value is -6.64. The fourth-order valence-electron chi connectivity index (χ4n) is 9.92. The van der Waals surface area contributed by atoms with Gasteiger partial charge in [0.2, 0.25) is 11.8 Å². The Kier molecular flexibility index (Phi) is 10.3. The van der Waals surface area contributed by atoms with Gasteiger partial charge in [-0.05, 0) is 97.1 Å². The molecule has 2 N–H and O–H groups in total. The molecule has 0 bridgehead atoms. The molecule has 4 amide bonds. The molecule has 2 heterocycles. The number of phenolic OH excluding ortho intramolecular Hbond substituents is 1. The Morgan fingerprint density at radius 2 is 1.49 bits per heavy atom. The molecule has 9 rings (SSSR count). The van der Waals surface area contributed by atoms with Crippen molar-refractivity contribution in [2.45, 2.75) is 30.5 Å². The number of alkyl halides is 3. The highest BCUT2D eigenvalue weighted by molar-refractivity contribution is 6.36. The van der Waals surface area contributed by atoms with Gasteiger partial charge in [-0.25, -0.2) is 0 Å². The second-order valence-corrected chi connectivity index (χ2v) is 16.6. The summed E-state index contributed by atoms with van der Waals surface area (Å²) in [6, 6.07) is 28.2. The van der Waals surface area contributed by atoms with Crippen LogP contribution in [0.3, 0.4) is 0 Å². The third-order valence-electron chi connectivity index (χ3n) is 12.5. The van der Waals surface area contributed by atoms with Gasteiger partial charge < -0.3 is 14.6 Å². The predicted molar refractivity (Wildman–Crippen MR) is 224 cm³/mol. The summed E-state index contributed by atoms with van der Waals surface area (Å²) in [6.45, 7) is 0. The summed E-state index contributed by atoms with van der Waals surface area (Å²) in [4.78, 5) is 73.9. The van der Waals surface area contributed by atoms with E-state index in [1.165, 1.54) is 49.6 Å². The van der Waals surface area contributed by atoms with Crippen molar-refractivity contribution in [3.8, 4) is 17.2 Å². The van der Waals surface area contributed by atoms with Crippen molar-refractivity contribution in [2.24, 2.45) is 23.7 Å². The molecule has 6 atom stereocenters. The maximum absolute atomic E-state index is 15.5. The molecule has 5 aromatic rings. The van der Waals surface area contributed by atoms with E-state index < -0.39 is 76.5 Å². The smallest absolute Gasteiger partial charge is 0.508 e. The molecule has 63 heavy (non-hydrogen) atoms. The fraction of sp³-hybridized carbons (Fsp3) is 0.213. The largest absolute Gasteiger partial charge is 0.573 e. The number of benzene rings is 5. The van der Waals surface area contributed by atoms with Crippen LogP contribution in [0.15, 0.2) is 127 Å². The highest BCUT2D eigenvalue weighted by Gasteiger charge is 2.71. The van der Waals surface area contributed by atoms with Crippen molar-refractivity contribution in [1.82, 2.24) is 5.01 Å². The number of fused-ring (bicyclic) bond motifs is 4. The van der Waals surface area contributed by atoms with Crippen LogP contribution in [0.1, 0.15) is 45.8 Å². The van der Waals surface area contributed by atoms with E-state index >= 15 is 9.59 Å². The molecule has 2 saturated heterocycles. The van der Waals surface area contributed by atoms with Gasteiger partial charge in [-0.1, -0.05) is 77.3 Å². The van der Waals surface area contributed by atoms with Crippen LogP contribution in [-0.2, 0) is 24.6 Å². The van der Waals surface area contributed by atoms with Gasteiger partial charge in [0.05, 0.1) is 46.7 Å². The molecule has 320 valence electrons. The standard InChI is InChI=1S/C47H34Cl2F3N3O8/c1-62-29-14-9-26(10-15-29)46-35(43(59)55(45(46)61)53-37-19-11-27(48)21-36(37)49)23-33-31(40(46)34-22-30(16-20-38(34)56)63-47(50,51)52)17-18-32-39(33)44(60)54(42(32)58)28-12-7-25(8-13-28)41(57)24-5-3-2-4-6-24/h2-17,19-22,32-33,35,39-40,53,56H,18,23H2,1H3. The number of nitrogens with one attached hydrogen (secondary N) is 1. The van der Waals surface area contributed by atoms with Crippen molar-refractivity contribution in [1.29, 1.82) is 0 Å². The number of methoxy groups -OCH3 is 1. The Morgan fingerprint density at radius 3 is 2.16 bits per heavy atom. The molecular formula is C47H34Cl2F3N3O8. The third-order valence-corrected chi connectivity index (χ3v) is 13.1. The molecule has 3 fully saturated rings. The Morgan fingerprint density at radius 1 is 0.810 bits per heavy atom. The lowest BCUT2D eigenvalue weighted by molar-refractivity contribution is -0.274. The van der Waals surface area contributed by atoms with E-state index in [2.05, 4.69) is 10.2 Å². The third kappa shape index (κ3) is 6.88. The number of imide groups is 2. The van der Waals surface area contributed by atoms with Crippen molar-refractivity contribution in [3.63, 3.8) is 0 Å². The van der Waals surface area contributed by atoms with E-state index in [9.17, 15) is 32.7 Å². The fourth-order valence-corrected chi connectivity index (χ4v) is 10.4. The lowest BCUT2D eigenvalue weighted by Gasteiger charge is -2.50. The number of phenols is 1. The van der Waals surface area contributed by atoms with Gasteiger partial charge in [0.1, 0.15) is 17.2 Å². The summed E-state index contributed by atoms with van der Waals surface area (Å²) >= 11 is 12.7. The zero-order valence-electron chi connectivity index (χ0n) is 32.9. The minimum absolute atomic E-state index is 0.0218. The number of carbonyl (C=O) groups excluding carboxylic acids is 5. The lowest BCUT2D eigenvalue weighted by atomic mass is 9.49. The number of halogens is 5. The zero-order valence-corrected chi connectivity index (χ0v) is 34.4. The number of aromatic hydroxyl groups is 1. The lowest BCUT2D eigenvalue weighted by Crippen LogP contribution is -2.53. The zero-order chi connectivity index (χ0) is 44.5. The molecule has 2 aliphatic carbocycles. The van der Waals surface area contributed by atoms with E-state index in [-0.39, 0.29) is 51.2 Å². The number of hydrogen-bond acceptors (Lipinski definition) is 9. The summed E-state index contributed by atoms with van der Waals surface area (Å²) in [7, 11) is 1.44. The van der Waals surface area contributed by atoms with E-state index in [1.807, 2.05) is 0 Å². The second-order valence-electron chi connectivity index (χ2n) is 15.7. The molecule has 0 aromatic heterocycles. The van der Waals surface area contributed by atoms with Crippen molar-refractivity contribution >= 4 is 64.0 Å². The first kappa shape index (κ1) is 41.7. The molecule has 11 nitrogen and oxygen atoms in total. The van der Waals surface area contributed by atoms with E-state index in [0.717, 1.165) is 28.1 Å². The number of hydrazine groups is 1. The average Bonchev–Trinajstić information content (AvgIpc) is 3.65. The van der Waals surface area contributed by atoms with Crippen molar-refractivity contribution in [2.75, 3.05) is 17.4 Å². The number of nitrogens with zero attached hydrogens (tertiary/aromatic N) is 2. The first-order valence-corrected chi connectivity index (χ1v) is 20.5. The van der Waals surface area contributed by atoms with Crippen LogP contribution in [0.2, 0.25) is 10.0 Å². The molecule has 16 heteroatoms. The van der Waals surface area contributed by atoms with Crippen LogP contribution in [0.5, 0.6) is 17.2 Å². The average molecular weight is 897 g/mol. The van der Waals surface area contributed by atoms with Gasteiger partial charge in [0.15, 0.2) is 5.78 Å². The Labute approximate surface area is 367 Å². The minimum Gasteiger partial charge on any atom is -0.508 e. The van der Waals surface area contributed by atoms with Crippen LogP contribution in [0.25, 0.3) is 0 Å². The molecule has 0 radical (unpaired) electrons. The van der Waals surface area contributed by atoms with Gasteiger partial charge in [-0.2, -0.15) is 5.01 Å². The predicted octanol–water partition coefficient (Wildman–Crippen LogP) is 9.03. The molecule has 1 saturated carbocycles. The van der Waals surface area contributed by atoms with Crippen LogP contribution >= 0.6 is 23.2 Å². The number of rotatable bonds is 9. The quantitative estimate of drug-likeness (QED) is 0.0842. The van der Waals surface area contributed by atoms with Crippen molar-refractivity contribution in [3.05, 3.63) is 159 Å². The number of anilines is 2. The summed E-state index contributed by atoms with van der Waals surface area (Å²) in [6.07, 6.45) is -3.63. The second kappa shape index (κ2) is 15.6. The van der Waals surface area contributed by atoms with Gasteiger partial charge in [-0.3, -0.25) is 34.3 Å². The number of ether oxygens (including phenoxy) is 2. The van der Waals surface area contributed by atoms with Crippen LogP contribution in [-0.4, -0.2) is 53.0 Å². The molecule has 2 aliphatic heterocycles. The summed E-state index contributed by atoms with van der Waals surface area (Å²) < 4.78 is 51.0. The highest BCUT2D eigenvalue weighted by Crippen LogP contribution is 2.65. The van der Waals surface area contributed by atoms with E-state index in [0.29, 0.717) is 22.4 Å².